The highest BCUT2D eigenvalue weighted by Gasteiger charge is 2.24. The van der Waals surface area contributed by atoms with Gasteiger partial charge in [-0.1, -0.05) is 19.3 Å². The van der Waals surface area contributed by atoms with Gasteiger partial charge in [-0.15, -0.1) is 11.6 Å². The maximum atomic E-state index is 6.14. The van der Waals surface area contributed by atoms with Crippen LogP contribution in [0.5, 0.6) is 0 Å². The lowest BCUT2D eigenvalue weighted by Crippen LogP contribution is -2.28. The van der Waals surface area contributed by atoms with Crippen molar-refractivity contribution in [2.24, 2.45) is 11.8 Å². The first-order valence-electron chi connectivity index (χ1n) is 8.51. The Morgan fingerprint density at radius 3 is 2.67 bits per heavy atom. The van der Waals surface area contributed by atoms with Crippen molar-refractivity contribution < 1.29 is 0 Å². The van der Waals surface area contributed by atoms with Crippen LogP contribution in [0.4, 0.5) is 5.82 Å². The first-order chi connectivity index (χ1) is 10.4. The summed E-state index contributed by atoms with van der Waals surface area (Å²) >= 11 is 6.14. The number of alkyl halides is 1. The number of fused-ring (bicyclic) bond motifs is 1. The van der Waals surface area contributed by atoms with Gasteiger partial charge < -0.3 is 5.32 Å². The van der Waals surface area contributed by atoms with Gasteiger partial charge in [-0.2, -0.15) is 0 Å². The summed E-state index contributed by atoms with van der Waals surface area (Å²) in [6.07, 6.45) is 13.1. The van der Waals surface area contributed by atoms with Gasteiger partial charge in [0.1, 0.15) is 12.1 Å². The molecule has 0 aromatic carbocycles. The van der Waals surface area contributed by atoms with E-state index in [0.29, 0.717) is 11.8 Å². The molecule has 0 amide bonds. The van der Waals surface area contributed by atoms with Gasteiger partial charge in [0.05, 0.1) is 0 Å². The third-order valence-electron chi connectivity index (χ3n) is 5.17. The number of nitrogens with one attached hydrogen (secondary N) is 1. The van der Waals surface area contributed by atoms with Gasteiger partial charge in [0.2, 0.25) is 0 Å². The number of hydrogen-bond donors (Lipinski definition) is 1. The Kier molecular flexibility index (Phi) is 5.34. The van der Waals surface area contributed by atoms with Crippen LogP contribution in [0.15, 0.2) is 6.33 Å². The van der Waals surface area contributed by atoms with Crippen LogP contribution < -0.4 is 5.32 Å². The molecule has 0 bridgehead atoms. The van der Waals surface area contributed by atoms with Crippen LogP contribution >= 0.6 is 11.6 Å². The summed E-state index contributed by atoms with van der Waals surface area (Å²) in [6, 6.07) is 0. The molecule has 1 aromatic heterocycles. The van der Waals surface area contributed by atoms with Crippen molar-refractivity contribution in [3.8, 4) is 0 Å². The first kappa shape index (κ1) is 15.1. The molecule has 0 radical (unpaired) electrons. The Labute approximate surface area is 132 Å². The van der Waals surface area contributed by atoms with E-state index in [1.165, 1.54) is 56.2 Å². The van der Waals surface area contributed by atoms with Gasteiger partial charge in [-0.05, 0) is 50.4 Å². The SMILES string of the molecule is ClCC1CCCCC1CNc1ncnc2c1CCCCC2. The topological polar surface area (TPSA) is 37.8 Å². The number of aryl methyl sites for hydroxylation is 1. The van der Waals surface area contributed by atoms with E-state index in [1.807, 2.05) is 0 Å². The van der Waals surface area contributed by atoms with E-state index < -0.39 is 0 Å². The zero-order valence-electron chi connectivity index (χ0n) is 12.8. The summed E-state index contributed by atoms with van der Waals surface area (Å²) in [5, 5.41) is 3.62. The van der Waals surface area contributed by atoms with E-state index in [9.17, 15) is 0 Å². The fourth-order valence-electron chi connectivity index (χ4n) is 3.83. The van der Waals surface area contributed by atoms with Crippen LogP contribution in [0.3, 0.4) is 0 Å². The number of halogens is 1. The van der Waals surface area contributed by atoms with Crippen LogP contribution in [-0.2, 0) is 12.8 Å². The smallest absolute Gasteiger partial charge is 0.132 e. The van der Waals surface area contributed by atoms with Crippen molar-refractivity contribution in [2.75, 3.05) is 17.7 Å². The van der Waals surface area contributed by atoms with E-state index >= 15 is 0 Å². The van der Waals surface area contributed by atoms with Gasteiger partial charge >= 0.3 is 0 Å². The normalized spacial score (nSPS) is 26.0. The molecule has 2 aliphatic rings. The number of anilines is 1. The van der Waals surface area contributed by atoms with Gasteiger partial charge in [0, 0.05) is 23.7 Å². The number of nitrogens with zero attached hydrogens (tertiary/aromatic N) is 2. The second-order valence-corrected chi connectivity index (χ2v) is 6.86. The fraction of sp³-hybridized carbons (Fsp3) is 0.765. The average molecular weight is 308 g/mol. The molecule has 21 heavy (non-hydrogen) atoms. The number of hydrogen-bond acceptors (Lipinski definition) is 3. The lowest BCUT2D eigenvalue weighted by molar-refractivity contribution is 0.272. The predicted octanol–water partition coefficient (Wildman–Crippen LogP) is 4.20. The second-order valence-electron chi connectivity index (χ2n) is 6.55. The Balaban J connectivity index is 1.67. The summed E-state index contributed by atoms with van der Waals surface area (Å²) in [5.41, 5.74) is 2.63. The molecule has 3 nitrogen and oxygen atoms in total. The van der Waals surface area contributed by atoms with E-state index in [4.69, 9.17) is 11.6 Å². The van der Waals surface area contributed by atoms with E-state index in [2.05, 4.69) is 15.3 Å². The molecule has 2 aliphatic carbocycles. The second kappa shape index (κ2) is 7.44. The Morgan fingerprint density at radius 2 is 1.81 bits per heavy atom. The van der Waals surface area contributed by atoms with Crippen molar-refractivity contribution in [3.63, 3.8) is 0 Å². The van der Waals surface area contributed by atoms with E-state index in [0.717, 1.165) is 31.1 Å². The summed E-state index contributed by atoms with van der Waals surface area (Å²) < 4.78 is 0. The van der Waals surface area contributed by atoms with Gasteiger partial charge in [0.15, 0.2) is 0 Å². The fourth-order valence-corrected chi connectivity index (χ4v) is 4.24. The van der Waals surface area contributed by atoms with Crippen molar-refractivity contribution >= 4 is 17.4 Å². The van der Waals surface area contributed by atoms with Crippen LogP contribution in [0, 0.1) is 11.8 Å². The van der Waals surface area contributed by atoms with Crippen LogP contribution in [0.1, 0.15) is 56.2 Å². The third-order valence-corrected chi connectivity index (χ3v) is 5.57. The Morgan fingerprint density at radius 1 is 1.00 bits per heavy atom. The quantitative estimate of drug-likeness (QED) is 0.669. The van der Waals surface area contributed by atoms with Crippen molar-refractivity contribution in [1.82, 2.24) is 9.97 Å². The van der Waals surface area contributed by atoms with Gasteiger partial charge in [0.25, 0.3) is 0 Å². The zero-order chi connectivity index (χ0) is 14.5. The largest absolute Gasteiger partial charge is 0.369 e. The van der Waals surface area contributed by atoms with Crippen LogP contribution in [0.2, 0.25) is 0 Å². The van der Waals surface area contributed by atoms with Crippen molar-refractivity contribution in [1.29, 1.82) is 0 Å². The molecule has 1 saturated carbocycles. The highest BCUT2D eigenvalue weighted by molar-refractivity contribution is 6.18. The average Bonchev–Trinajstić information content (AvgIpc) is 2.79. The van der Waals surface area contributed by atoms with Gasteiger partial charge in [-0.3, -0.25) is 0 Å². The highest BCUT2D eigenvalue weighted by Crippen LogP contribution is 2.31. The predicted molar refractivity (Wildman–Crippen MR) is 87.9 cm³/mol. The summed E-state index contributed by atoms with van der Waals surface area (Å²) in [7, 11) is 0. The minimum absolute atomic E-state index is 0.674. The molecule has 0 saturated heterocycles. The molecule has 0 aliphatic heterocycles. The molecule has 4 heteroatoms. The zero-order valence-corrected chi connectivity index (χ0v) is 13.5. The monoisotopic (exact) mass is 307 g/mol. The molecule has 2 atom stereocenters. The molecule has 1 heterocycles. The number of aromatic nitrogens is 2. The third kappa shape index (κ3) is 3.68. The lowest BCUT2D eigenvalue weighted by Gasteiger charge is -2.30. The van der Waals surface area contributed by atoms with Crippen molar-refractivity contribution in [3.05, 3.63) is 17.6 Å². The molecule has 0 spiro atoms. The van der Waals surface area contributed by atoms with Crippen molar-refractivity contribution in [2.45, 2.75) is 57.8 Å². The molecular weight excluding hydrogens is 282 g/mol. The van der Waals surface area contributed by atoms with E-state index in [-0.39, 0.29) is 0 Å². The summed E-state index contributed by atoms with van der Waals surface area (Å²) in [4.78, 5) is 9.01. The van der Waals surface area contributed by atoms with Gasteiger partial charge in [-0.25, -0.2) is 9.97 Å². The minimum atomic E-state index is 0.674. The highest BCUT2D eigenvalue weighted by atomic mass is 35.5. The Hall–Kier alpha value is -0.830. The van der Waals surface area contributed by atoms with Crippen LogP contribution in [-0.4, -0.2) is 22.4 Å². The minimum Gasteiger partial charge on any atom is -0.369 e. The Bertz CT molecular complexity index is 463. The maximum absolute atomic E-state index is 6.14. The van der Waals surface area contributed by atoms with E-state index in [1.54, 1.807) is 6.33 Å². The van der Waals surface area contributed by atoms with Crippen LogP contribution in [0.25, 0.3) is 0 Å². The maximum Gasteiger partial charge on any atom is 0.132 e. The number of rotatable bonds is 4. The summed E-state index contributed by atoms with van der Waals surface area (Å²) in [6.45, 7) is 1.01. The standard InChI is InChI=1S/C17H26ClN3/c18-10-13-6-4-5-7-14(13)11-19-17-15-8-2-1-3-9-16(15)20-12-21-17/h12-14H,1-11H2,(H,19,20,21). The first-order valence-corrected chi connectivity index (χ1v) is 9.04. The molecule has 1 fully saturated rings. The molecule has 116 valence electrons. The summed E-state index contributed by atoms with van der Waals surface area (Å²) in [5.74, 6) is 3.26. The molecule has 1 aromatic rings. The molecule has 2 unspecified atom stereocenters. The molecular formula is C17H26ClN3. The molecule has 1 N–H and O–H groups in total. The lowest BCUT2D eigenvalue weighted by atomic mass is 9.80. The molecule has 3 rings (SSSR count).